The van der Waals surface area contributed by atoms with Crippen molar-refractivity contribution < 1.29 is 14.4 Å². The molecule has 0 unspecified atom stereocenters. The third-order valence-electron chi connectivity index (χ3n) is 5.11. The maximum atomic E-state index is 12.5. The van der Waals surface area contributed by atoms with Gasteiger partial charge < -0.3 is 20.9 Å². The number of aryl methyl sites for hydroxylation is 1. The van der Waals surface area contributed by atoms with E-state index in [0.29, 0.717) is 32.6 Å². The lowest BCUT2D eigenvalue weighted by molar-refractivity contribution is -0.134. The maximum absolute atomic E-state index is 12.5. The molecule has 1 atom stereocenters. The highest BCUT2D eigenvalue weighted by molar-refractivity contribution is 5.87. The third-order valence-corrected chi connectivity index (χ3v) is 5.11. The van der Waals surface area contributed by atoms with E-state index in [1.165, 1.54) is 0 Å². The predicted octanol–water partition coefficient (Wildman–Crippen LogP) is 0.780. The third kappa shape index (κ3) is 6.64. The van der Waals surface area contributed by atoms with Gasteiger partial charge in [0.1, 0.15) is 0 Å². The van der Waals surface area contributed by atoms with Crippen molar-refractivity contribution in [3.63, 3.8) is 0 Å². The van der Waals surface area contributed by atoms with Gasteiger partial charge in [0.15, 0.2) is 0 Å². The molecule has 1 aliphatic rings. The lowest BCUT2D eigenvalue weighted by Gasteiger charge is -2.23. The van der Waals surface area contributed by atoms with E-state index in [-0.39, 0.29) is 30.2 Å². The summed E-state index contributed by atoms with van der Waals surface area (Å²) < 4.78 is 0. The number of nitrogens with one attached hydrogen (secondary N) is 1. The normalized spacial score (nSPS) is 15.9. The fourth-order valence-electron chi connectivity index (χ4n) is 3.17. The molecule has 3 amide bonds. The van der Waals surface area contributed by atoms with Crippen molar-refractivity contribution in [1.82, 2.24) is 15.1 Å². The number of carbonyl (C=O) groups excluding carboxylic acids is 3. The second-order valence-corrected chi connectivity index (χ2v) is 7.59. The highest BCUT2D eigenvalue weighted by Gasteiger charge is 2.23. The molecule has 7 nitrogen and oxygen atoms in total. The Bertz CT molecular complexity index is 663. The molecule has 0 spiro atoms. The molecule has 1 heterocycles. The van der Waals surface area contributed by atoms with Crippen LogP contribution in [0, 0.1) is 5.92 Å². The van der Waals surface area contributed by atoms with Crippen LogP contribution in [0.2, 0.25) is 0 Å². The van der Waals surface area contributed by atoms with Crippen LogP contribution in [0.4, 0.5) is 0 Å². The van der Waals surface area contributed by atoms with Gasteiger partial charge in [0.2, 0.25) is 17.7 Å². The summed E-state index contributed by atoms with van der Waals surface area (Å²) in [5.41, 5.74) is 6.94. The van der Waals surface area contributed by atoms with E-state index in [1.54, 1.807) is 4.90 Å². The first-order valence-electron chi connectivity index (χ1n) is 10.0. The second-order valence-electron chi connectivity index (χ2n) is 7.59. The van der Waals surface area contributed by atoms with Crippen molar-refractivity contribution in [2.24, 2.45) is 11.7 Å². The number of hydrogen-bond donors (Lipinski definition) is 2. The first-order chi connectivity index (χ1) is 13.4. The number of carbonyl (C=O) groups is 3. The zero-order chi connectivity index (χ0) is 20.5. The van der Waals surface area contributed by atoms with Gasteiger partial charge in [-0.05, 0) is 24.3 Å². The Kier molecular flexibility index (Phi) is 8.44. The molecule has 0 aliphatic carbocycles. The van der Waals surface area contributed by atoms with Crippen LogP contribution in [-0.4, -0.2) is 66.3 Å². The van der Waals surface area contributed by atoms with Gasteiger partial charge in [-0.3, -0.25) is 14.4 Å². The standard InChI is InChI=1S/C21H32N4O3/c1-16(2)20(22)21(28)23-15-19(27)25-12-6-11-24(13-14-25)18(26)10-9-17-7-4-3-5-8-17/h3-5,7-8,16,20H,6,9-15,22H2,1-2H3,(H,23,28)/t20-/m0/s1. The molecule has 0 aromatic heterocycles. The van der Waals surface area contributed by atoms with E-state index in [0.717, 1.165) is 18.4 Å². The number of nitrogens with zero attached hydrogens (tertiary/aromatic N) is 2. The number of benzene rings is 1. The fourth-order valence-corrected chi connectivity index (χ4v) is 3.17. The van der Waals surface area contributed by atoms with Gasteiger partial charge in [-0.25, -0.2) is 0 Å². The van der Waals surface area contributed by atoms with Crippen LogP contribution in [-0.2, 0) is 20.8 Å². The molecule has 28 heavy (non-hydrogen) atoms. The largest absolute Gasteiger partial charge is 0.346 e. The average molecular weight is 389 g/mol. The number of rotatable bonds is 7. The number of amides is 3. The van der Waals surface area contributed by atoms with Gasteiger partial charge >= 0.3 is 0 Å². The van der Waals surface area contributed by atoms with E-state index < -0.39 is 6.04 Å². The van der Waals surface area contributed by atoms with Crippen LogP contribution in [0.5, 0.6) is 0 Å². The average Bonchev–Trinajstić information content (AvgIpc) is 2.96. The molecule has 1 aromatic rings. The van der Waals surface area contributed by atoms with Gasteiger partial charge in [-0.2, -0.15) is 0 Å². The summed E-state index contributed by atoms with van der Waals surface area (Å²) in [6.07, 6.45) is 1.93. The minimum atomic E-state index is -0.616. The Balaban J connectivity index is 1.76. The molecule has 1 saturated heterocycles. The topological polar surface area (TPSA) is 95.7 Å². The molecular weight excluding hydrogens is 356 g/mol. The zero-order valence-electron chi connectivity index (χ0n) is 16.9. The molecule has 3 N–H and O–H groups in total. The Labute approximate surface area is 167 Å². The molecule has 0 radical (unpaired) electrons. The Morgan fingerprint density at radius 3 is 2.21 bits per heavy atom. The summed E-state index contributed by atoms with van der Waals surface area (Å²) in [4.78, 5) is 40.4. The first kappa shape index (κ1) is 21.9. The van der Waals surface area contributed by atoms with Gasteiger partial charge in [-0.15, -0.1) is 0 Å². The SMILES string of the molecule is CC(C)[C@H](N)C(=O)NCC(=O)N1CCCN(C(=O)CCc2ccccc2)CC1. The summed E-state index contributed by atoms with van der Waals surface area (Å²) >= 11 is 0. The van der Waals surface area contributed by atoms with E-state index in [1.807, 2.05) is 49.1 Å². The van der Waals surface area contributed by atoms with Crippen LogP contribution in [0.3, 0.4) is 0 Å². The molecule has 1 aliphatic heterocycles. The van der Waals surface area contributed by atoms with Crippen molar-refractivity contribution in [2.75, 3.05) is 32.7 Å². The molecule has 0 bridgehead atoms. The van der Waals surface area contributed by atoms with E-state index in [9.17, 15) is 14.4 Å². The summed E-state index contributed by atoms with van der Waals surface area (Å²) in [5, 5.41) is 2.62. The van der Waals surface area contributed by atoms with Gasteiger partial charge in [0.05, 0.1) is 12.6 Å². The summed E-state index contributed by atoms with van der Waals surface area (Å²) in [5.74, 6) is -0.308. The van der Waals surface area contributed by atoms with Crippen LogP contribution < -0.4 is 11.1 Å². The highest BCUT2D eigenvalue weighted by Crippen LogP contribution is 2.09. The Hall–Kier alpha value is -2.41. The predicted molar refractivity (Wildman–Crippen MR) is 108 cm³/mol. The lowest BCUT2D eigenvalue weighted by Crippen LogP contribution is -2.48. The van der Waals surface area contributed by atoms with Crippen LogP contribution >= 0.6 is 0 Å². The summed E-state index contributed by atoms with van der Waals surface area (Å²) in [6.45, 7) is 5.94. The second kappa shape index (κ2) is 10.8. The minimum absolute atomic E-state index is 0.0174. The molecule has 1 fully saturated rings. The molecular formula is C21H32N4O3. The van der Waals surface area contributed by atoms with Crippen LogP contribution in [0.15, 0.2) is 30.3 Å². The summed E-state index contributed by atoms with van der Waals surface area (Å²) in [6, 6.07) is 9.34. The maximum Gasteiger partial charge on any atom is 0.242 e. The molecule has 0 saturated carbocycles. The van der Waals surface area contributed by atoms with Gasteiger partial charge in [0.25, 0.3) is 0 Å². The van der Waals surface area contributed by atoms with Crippen molar-refractivity contribution in [2.45, 2.75) is 39.2 Å². The van der Waals surface area contributed by atoms with Crippen molar-refractivity contribution in [3.05, 3.63) is 35.9 Å². The van der Waals surface area contributed by atoms with E-state index in [4.69, 9.17) is 5.73 Å². The minimum Gasteiger partial charge on any atom is -0.346 e. The molecule has 2 rings (SSSR count). The Morgan fingerprint density at radius 2 is 1.61 bits per heavy atom. The Morgan fingerprint density at radius 1 is 1.00 bits per heavy atom. The number of nitrogens with two attached hydrogens (primary N) is 1. The van der Waals surface area contributed by atoms with E-state index >= 15 is 0 Å². The quantitative estimate of drug-likeness (QED) is 0.721. The zero-order valence-corrected chi connectivity index (χ0v) is 16.9. The monoisotopic (exact) mass is 388 g/mol. The highest BCUT2D eigenvalue weighted by atomic mass is 16.2. The smallest absolute Gasteiger partial charge is 0.242 e. The van der Waals surface area contributed by atoms with Crippen LogP contribution in [0.1, 0.15) is 32.3 Å². The first-order valence-corrected chi connectivity index (χ1v) is 10.0. The van der Waals surface area contributed by atoms with Crippen molar-refractivity contribution >= 4 is 17.7 Å². The van der Waals surface area contributed by atoms with Gasteiger partial charge in [-0.1, -0.05) is 44.2 Å². The fraction of sp³-hybridized carbons (Fsp3) is 0.571. The number of hydrogen-bond acceptors (Lipinski definition) is 4. The van der Waals surface area contributed by atoms with E-state index in [2.05, 4.69) is 5.32 Å². The van der Waals surface area contributed by atoms with Crippen LogP contribution in [0.25, 0.3) is 0 Å². The summed E-state index contributed by atoms with van der Waals surface area (Å²) in [7, 11) is 0. The molecule has 154 valence electrons. The molecule has 1 aromatic carbocycles. The lowest BCUT2D eigenvalue weighted by atomic mass is 10.1. The van der Waals surface area contributed by atoms with Gasteiger partial charge in [0, 0.05) is 32.6 Å². The molecule has 7 heteroatoms. The van der Waals surface area contributed by atoms with Crippen molar-refractivity contribution in [3.8, 4) is 0 Å². The van der Waals surface area contributed by atoms with Crippen molar-refractivity contribution in [1.29, 1.82) is 0 Å².